The fourth-order valence-electron chi connectivity index (χ4n) is 1.39. The molecule has 1 heterocycles. The number of nitrogens with two attached hydrogens (primary N) is 1. The topological polar surface area (TPSA) is 78.9 Å². The minimum Gasteiger partial charge on any atom is -0.493 e. The molecular weight excluding hydrogens is 330 g/mol. The molecule has 0 amide bonds. The van der Waals surface area contributed by atoms with Gasteiger partial charge in [-0.3, -0.25) is 0 Å². The SMILES string of the molecule is NCCn1nnnc1SCCOc1ccc(Br)cc1. The summed E-state index contributed by atoms with van der Waals surface area (Å²) in [5, 5.41) is 12.2. The van der Waals surface area contributed by atoms with Gasteiger partial charge in [-0.15, -0.1) is 5.10 Å². The number of tetrazole rings is 1. The first kappa shape index (κ1) is 14.3. The molecule has 102 valence electrons. The van der Waals surface area contributed by atoms with Gasteiger partial charge in [0.2, 0.25) is 5.16 Å². The molecule has 19 heavy (non-hydrogen) atoms. The molecule has 0 spiro atoms. The number of nitrogens with zero attached hydrogens (tertiary/aromatic N) is 4. The predicted molar refractivity (Wildman–Crippen MR) is 77.2 cm³/mol. The fraction of sp³-hybridized carbons (Fsp3) is 0.364. The van der Waals surface area contributed by atoms with Gasteiger partial charge in [-0.25, -0.2) is 4.68 Å². The zero-order chi connectivity index (χ0) is 13.5. The van der Waals surface area contributed by atoms with Crippen LogP contribution in [0.1, 0.15) is 0 Å². The molecule has 8 heteroatoms. The third-order valence-electron chi connectivity index (χ3n) is 2.24. The molecule has 0 aliphatic carbocycles. The number of hydrogen-bond donors (Lipinski definition) is 1. The van der Waals surface area contributed by atoms with E-state index in [9.17, 15) is 0 Å². The summed E-state index contributed by atoms with van der Waals surface area (Å²) in [6.07, 6.45) is 0. The van der Waals surface area contributed by atoms with Crippen LogP contribution in [0.3, 0.4) is 0 Å². The van der Waals surface area contributed by atoms with Crippen molar-refractivity contribution in [1.82, 2.24) is 20.2 Å². The van der Waals surface area contributed by atoms with Crippen molar-refractivity contribution in [3.8, 4) is 5.75 Å². The number of ether oxygens (including phenoxy) is 1. The maximum absolute atomic E-state index is 5.61. The van der Waals surface area contributed by atoms with Crippen LogP contribution in [0.2, 0.25) is 0 Å². The summed E-state index contributed by atoms with van der Waals surface area (Å²) >= 11 is 4.93. The highest BCUT2D eigenvalue weighted by atomic mass is 79.9. The predicted octanol–water partition coefficient (Wildman–Crippen LogP) is 1.57. The molecule has 0 saturated carbocycles. The zero-order valence-electron chi connectivity index (χ0n) is 10.2. The molecule has 1 aromatic heterocycles. The number of hydrogen-bond acceptors (Lipinski definition) is 6. The Labute approximate surface area is 123 Å². The van der Waals surface area contributed by atoms with Crippen molar-refractivity contribution in [3.05, 3.63) is 28.7 Å². The molecule has 0 saturated heterocycles. The Balaban J connectivity index is 1.74. The quantitative estimate of drug-likeness (QED) is 0.607. The van der Waals surface area contributed by atoms with Gasteiger partial charge in [0.05, 0.1) is 13.2 Å². The molecule has 0 fully saturated rings. The largest absolute Gasteiger partial charge is 0.493 e. The Bertz CT molecular complexity index is 504. The third kappa shape index (κ3) is 4.48. The molecule has 6 nitrogen and oxygen atoms in total. The van der Waals surface area contributed by atoms with Crippen LogP contribution >= 0.6 is 27.7 Å². The van der Waals surface area contributed by atoms with Gasteiger partial charge in [-0.1, -0.05) is 27.7 Å². The average molecular weight is 344 g/mol. The first-order valence-electron chi connectivity index (χ1n) is 5.77. The molecule has 0 aliphatic heterocycles. The van der Waals surface area contributed by atoms with Crippen LogP contribution in [-0.2, 0) is 6.54 Å². The van der Waals surface area contributed by atoms with Crippen molar-refractivity contribution < 1.29 is 4.74 Å². The van der Waals surface area contributed by atoms with Gasteiger partial charge in [-0.2, -0.15) is 0 Å². The molecule has 0 aliphatic rings. The van der Waals surface area contributed by atoms with E-state index in [-0.39, 0.29) is 0 Å². The van der Waals surface area contributed by atoms with E-state index in [1.54, 1.807) is 16.4 Å². The van der Waals surface area contributed by atoms with Crippen molar-refractivity contribution in [2.75, 3.05) is 18.9 Å². The lowest BCUT2D eigenvalue weighted by Crippen LogP contribution is -2.12. The molecule has 0 bridgehead atoms. The van der Waals surface area contributed by atoms with Crippen molar-refractivity contribution in [2.24, 2.45) is 5.73 Å². The summed E-state index contributed by atoms with van der Waals surface area (Å²) in [6.45, 7) is 1.75. The van der Waals surface area contributed by atoms with E-state index in [4.69, 9.17) is 10.5 Å². The van der Waals surface area contributed by atoms with Gasteiger partial charge in [-0.05, 0) is 34.7 Å². The van der Waals surface area contributed by atoms with E-state index in [0.717, 1.165) is 21.1 Å². The fourth-order valence-corrected chi connectivity index (χ4v) is 2.37. The lowest BCUT2D eigenvalue weighted by molar-refractivity contribution is 0.343. The Morgan fingerprint density at radius 3 is 2.84 bits per heavy atom. The second kappa shape index (κ2) is 7.46. The van der Waals surface area contributed by atoms with E-state index in [0.29, 0.717) is 19.7 Å². The first-order chi connectivity index (χ1) is 9.29. The van der Waals surface area contributed by atoms with Crippen molar-refractivity contribution in [3.63, 3.8) is 0 Å². The number of aromatic nitrogens is 4. The summed E-state index contributed by atoms with van der Waals surface area (Å²) < 4.78 is 8.35. The molecule has 2 rings (SSSR count). The van der Waals surface area contributed by atoms with Gasteiger partial charge >= 0.3 is 0 Å². The average Bonchev–Trinajstić information content (AvgIpc) is 2.85. The van der Waals surface area contributed by atoms with Gasteiger partial charge in [0, 0.05) is 16.8 Å². The Kier molecular flexibility index (Phi) is 5.62. The van der Waals surface area contributed by atoms with Crippen molar-refractivity contribution >= 4 is 27.7 Å². The molecule has 2 aromatic rings. The summed E-state index contributed by atoms with van der Waals surface area (Å²) in [6, 6.07) is 7.75. The second-order valence-electron chi connectivity index (χ2n) is 3.62. The number of halogens is 1. The standard InChI is InChI=1S/C11H14BrN5OS/c12-9-1-3-10(4-2-9)18-7-8-19-11-14-15-16-17(11)6-5-13/h1-4H,5-8,13H2. The number of benzene rings is 1. The van der Waals surface area contributed by atoms with Crippen molar-refractivity contribution in [2.45, 2.75) is 11.7 Å². The van der Waals surface area contributed by atoms with Gasteiger partial charge in [0.25, 0.3) is 0 Å². The van der Waals surface area contributed by atoms with Gasteiger partial charge < -0.3 is 10.5 Å². The Morgan fingerprint density at radius 2 is 2.11 bits per heavy atom. The summed E-state index contributed by atoms with van der Waals surface area (Å²) in [5.74, 6) is 1.63. The zero-order valence-corrected chi connectivity index (χ0v) is 12.6. The lowest BCUT2D eigenvalue weighted by atomic mass is 10.3. The molecule has 0 radical (unpaired) electrons. The van der Waals surface area contributed by atoms with E-state index in [1.165, 1.54) is 0 Å². The summed E-state index contributed by atoms with van der Waals surface area (Å²) in [7, 11) is 0. The first-order valence-corrected chi connectivity index (χ1v) is 7.55. The van der Waals surface area contributed by atoms with Crippen LogP contribution in [0.25, 0.3) is 0 Å². The highest BCUT2D eigenvalue weighted by molar-refractivity contribution is 9.10. The third-order valence-corrected chi connectivity index (χ3v) is 3.69. The second-order valence-corrected chi connectivity index (χ2v) is 5.60. The Morgan fingerprint density at radius 1 is 1.32 bits per heavy atom. The van der Waals surface area contributed by atoms with Crippen LogP contribution in [-0.4, -0.2) is 39.1 Å². The van der Waals surface area contributed by atoms with Crippen molar-refractivity contribution in [1.29, 1.82) is 0 Å². The highest BCUT2D eigenvalue weighted by Gasteiger charge is 2.05. The monoisotopic (exact) mass is 343 g/mol. The summed E-state index contributed by atoms with van der Waals surface area (Å²) in [5.41, 5.74) is 5.48. The van der Waals surface area contributed by atoms with Gasteiger partial charge in [0.1, 0.15) is 5.75 Å². The lowest BCUT2D eigenvalue weighted by Gasteiger charge is -2.06. The molecule has 0 unspecified atom stereocenters. The maximum Gasteiger partial charge on any atom is 0.209 e. The van der Waals surface area contributed by atoms with Crippen LogP contribution in [0.5, 0.6) is 5.75 Å². The number of thioether (sulfide) groups is 1. The smallest absolute Gasteiger partial charge is 0.209 e. The van der Waals surface area contributed by atoms with E-state index < -0.39 is 0 Å². The van der Waals surface area contributed by atoms with E-state index in [1.807, 2.05) is 24.3 Å². The molecule has 1 aromatic carbocycles. The van der Waals surface area contributed by atoms with Gasteiger partial charge in [0.15, 0.2) is 0 Å². The van der Waals surface area contributed by atoms with Crippen LogP contribution < -0.4 is 10.5 Å². The minimum atomic E-state index is 0.522. The highest BCUT2D eigenvalue weighted by Crippen LogP contribution is 2.17. The molecule has 2 N–H and O–H groups in total. The van der Waals surface area contributed by atoms with Crippen LogP contribution in [0, 0.1) is 0 Å². The normalized spacial score (nSPS) is 10.6. The Hall–Kier alpha value is -1.12. The summed E-state index contributed by atoms with van der Waals surface area (Å²) in [4.78, 5) is 0. The number of rotatable bonds is 7. The maximum atomic E-state index is 5.61. The van der Waals surface area contributed by atoms with E-state index in [2.05, 4.69) is 31.5 Å². The van der Waals surface area contributed by atoms with E-state index >= 15 is 0 Å². The molecule has 0 atom stereocenters. The molecular formula is C11H14BrN5OS. The minimum absolute atomic E-state index is 0.522. The van der Waals surface area contributed by atoms with Crippen LogP contribution in [0.15, 0.2) is 33.9 Å². The van der Waals surface area contributed by atoms with Crippen LogP contribution in [0.4, 0.5) is 0 Å².